The van der Waals surface area contributed by atoms with Gasteiger partial charge in [-0.1, -0.05) is 43.2 Å². The summed E-state index contributed by atoms with van der Waals surface area (Å²) in [7, 11) is 0. The van der Waals surface area contributed by atoms with Gasteiger partial charge in [0.05, 0.1) is 5.41 Å². The minimum Gasteiger partial charge on any atom is -0.481 e. The summed E-state index contributed by atoms with van der Waals surface area (Å²) in [6.07, 6.45) is 3.21. The van der Waals surface area contributed by atoms with E-state index in [-0.39, 0.29) is 0 Å². The summed E-state index contributed by atoms with van der Waals surface area (Å²) in [6, 6.07) is 15.2. The fraction of sp³-hybridized carbons (Fsp3) is 0.263. The first kappa shape index (κ1) is 14.0. The van der Waals surface area contributed by atoms with Gasteiger partial charge in [0.15, 0.2) is 5.58 Å². The molecule has 23 heavy (non-hydrogen) atoms. The lowest BCUT2D eigenvalue weighted by atomic mass is 9.76. The number of carboxylic acid groups (broad SMARTS) is 1. The summed E-state index contributed by atoms with van der Waals surface area (Å²) in [4.78, 5) is 16.6. The molecule has 1 aromatic heterocycles. The number of rotatable bonds is 3. The van der Waals surface area contributed by atoms with E-state index in [1.807, 2.05) is 48.5 Å². The fourth-order valence-corrected chi connectivity index (χ4v) is 3.65. The maximum absolute atomic E-state index is 12.0. The minimum absolute atomic E-state index is 0.495. The Morgan fingerprint density at radius 3 is 2.48 bits per heavy atom. The molecule has 4 heteroatoms. The van der Waals surface area contributed by atoms with E-state index in [4.69, 9.17) is 4.42 Å². The third kappa shape index (κ3) is 2.13. The van der Waals surface area contributed by atoms with E-state index >= 15 is 0 Å². The monoisotopic (exact) mass is 307 g/mol. The van der Waals surface area contributed by atoms with Crippen LogP contribution in [0.5, 0.6) is 0 Å². The number of carbonyl (C=O) groups is 1. The van der Waals surface area contributed by atoms with Crippen LogP contribution in [0.2, 0.25) is 0 Å². The van der Waals surface area contributed by atoms with E-state index in [0.29, 0.717) is 24.3 Å². The Hall–Kier alpha value is -2.62. The highest BCUT2D eigenvalue weighted by atomic mass is 16.4. The van der Waals surface area contributed by atoms with Crippen molar-refractivity contribution in [2.45, 2.75) is 31.1 Å². The molecule has 1 fully saturated rings. The van der Waals surface area contributed by atoms with E-state index in [0.717, 1.165) is 29.5 Å². The average Bonchev–Trinajstić information content (AvgIpc) is 3.22. The van der Waals surface area contributed by atoms with Gasteiger partial charge in [-0.2, -0.15) is 0 Å². The third-order valence-corrected chi connectivity index (χ3v) is 4.83. The summed E-state index contributed by atoms with van der Waals surface area (Å²) in [5.41, 5.74) is 2.28. The molecule has 1 aliphatic carbocycles. The smallest absolute Gasteiger partial charge is 0.314 e. The fourth-order valence-electron chi connectivity index (χ4n) is 3.65. The number of para-hydroxylation sites is 2. The molecule has 116 valence electrons. The predicted octanol–water partition coefficient (Wildman–Crippen LogP) is 4.39. The van der Waals surface area contributed by atoms with Crippen LogP contribution < -0.4 is 0 Å². The van der Waals surface area contributed by atoms with Crippen molar-refractivity contribution in [2.24, 2.45) is 0 Å². The number of oxazole rings is 1. The minimum atomic E-state index is -0.822. The number of hydrogen-bond acceptors (Lipinski definition) is 3. The standard InChI is InChI=1S/C19H17NO3/c21-18(22)19(11-5-6-12-19)14-8-2-1-7-13(14)17-20-15-9-3-4-10-16(15)23-17/h1-4,7-10H,5-6,11-12H2,(H,21,22). The quantitative estimate of drug-likeness (QED) is 0.779. The molecule has 1 N–H and O–H groups in total. The van der Waals surface area contributed by atoms with Gasteiger partial charge in [-0.15, -0.1) is 0 Å². The van der Waals surface area contributed by atoms with Crippen LogP contribution in [0.15, 0.2) is 52.9 Å². The molecule has 0 aliphatic heterocycles. The molecule has 2 aromatic carbocycles. The second kappa shape index (κ2) is 5.23. The molecule has 1 heterocycles. The van der Waals surface area contributed by atoms with Crippen LogP contribution in [-0.2, 0) is 10.2 Å². The number of aliphatic carboxylic acids is 1. The molecule has 0 unspecified atom stereocenters. The van der Waals surface area contributed by atoms with Crippen molar-refractivity contribution < 1.29 is 14.3 Å². The zero-order chi connectivity index (χ0) is 15.9. The van der Waals surface area contributed by atoms with Crippen LogP contribution in [0.3, 0.4) is 0 Å². The Morgan fingerprint density at radius 1 is 1.04 bits per heavy atom. The summed E-state index contributed by atoms with van der Waals surface area (Å²) in [6.45, 7) is 0. The molecule has 0 atom stereocenters. The third-order valence-electron chi connectivity index (χ3n) is 4.83. The molecule has 0 bridgehead atoms. The second-order valence-electron chi connectivity index (χ2n) is 6.13. The van der Waals surface area contributed by atoms with E-state index in [9.17, 15) is 9.90 Å². The van der Waals surface area contributed by atoms with Gasteiger partial charge < -0.3 is 9.52 Å². The number of fused-ring (bicyclic) bond motifs is 1. The Bertz CT molecular complexity index is 842. The molecular weight excluding hydrogens is 290 g/mol. The van der Waals surface area contributed by atoms with Gasteiger partial charge in [-0.25, -0.2) is 4.98 Å². The molecule has 4 rings (SSSR count). The zero-order valence-corrected chi connectivity index (χ0v) is 12.7. The van der Waals surface area contributed by atoms with Gasteiger partial charge in [0, 0.05) is 5.56 Å². The molecule has 1 saturated carbocycles. The van der Waals surface area contributed by atoms with Crippen LogP contribution in [0, 0.1) is 0 Å². The maximum atomic E-state index is 12.0. The topological polar surface area (TPSA) is 63.3 Å². The largest absolute Gasteiger partial charge is 0.481 e. The van der Waals surface area contributed by atoms with E-state index in [1.54, 1.807) is 0 Å². The lowest BCUT2D eigenvalue weighted by molar-refractivity contribution is -0.143. The lowest BCUT2D eigenvalue weighted by Gasteiger charge is -2.26. The molecule has 0 radical (unpaired) electrons. The van der Waals surface area contributed by atoms with Gasteiger partial charge in [-0.05, 0) is 36.6 Å². The van der Waals surface area contributed by atoms with Crippen molar-refractivity contribution in [3.05, 3.63) is 54.1 Å². The lowest BCUT2D eigenvalue weighted by Crippen LogP contribution is -2.33. The summed E-state index contributed by atoms with van der Waals surface area (Å²) < 4.78 is 5.88. The normalized spacial score (nSPS) is 16.7. The van der Waals surface area contributed by atoms with Crippen molar-refractivity contribution in [1.82, 2.24) is 4.98 Å². The van der Waals surface area contributed by atoms with E-state index < -0.39 is 11.4 Å². The SMILES string of the molecule is O=C(O)C1(c2ccccc2-c2nc3ccccc3o2)CCCC1. The molecule has 0 amide bonds. The summed E-state index contributed by atoms with van der Waals surface area (Å²) in [5.74, 6) is -0.257. The van der Waals surface area contributed by atoms with Crippen LogP contribution in [0.1, 0.15) is 31.2 Å². The Kier molecular flexibility index (Phi) is 3.18. The van der Waals surface area contributed by atoms with Crippen LogP contribution >= 0.6 is 0 Å². The van der Waals surface area contributed by atoms with Crippen LogP contribution in [0.25, 0.3) is 22.6 Å². The number of benzene rings is 2. The molecule has 0 spiro atoms. The van der Waals surface area contributed by atoms with Crippen LogP contribution in [0.4, 0.5) is 0 Å². The predicted molar refractivity (Wildman–Crippen MR) is 87.2 cm³/mol. The molecular formula is C19H17NO3. The average molecular weight is 307 g/mol. The number of hydrogen-bond donors (Lipinski definition) is 1. The van der Waals surface area contributed by atoms with Gasteiger partial charge in [-0.3, -0.25) is 4.79 Å². The Morgan fingerprint density at radius 2 is 1.74 bits per heavy atom. The summed E-state index contributed by atoms with van der Waals surface area (Å²) in [5, 5.41) is 9.88. The van der Waals surface area contributed by atoms with Crippen molar-refractivity contribution in [2.75, 3.05) is 0 Å². The number of aromatic nitrogens is 1. The van der Waals surface area contributed by atoms with Crippen molar-refractivity contribution in [1.29, 1.82) is 0 Å². The molecule has 1 aliphatic rings. The number of carboxylic acids is 1. The highest BCUT2D eigenvalue weighted by Crippen LogP contribution is 2.45. The van der Waals surface area contributed by atoms with Crippen molar-refractivity contribution >= 4 is 17.1 Å². The highest BCUT2D eigenvalue weighted by molar-refractivity contribution is 5.86. The molecule has 0 saturated heterocycles. The second-order valence-corrected chi connectivity index (χ2v) is 6.13. The Balaban J connectivity index is 1.91. The first-order chi connectivity index (χ1) is 11.2. The van der Waals surface area contributed by atoms with Crippen molar-refractivity contribution in [3.63, 3.8) is 0 Å². The van der Waals surface area contributed by atoms with Gasteiger partial charge in [0.2, 0.25) is 5.89 Å². The Labute approximate surface area is 133 Å². The van der Waals surface area contributed by atoms with Gasteiger partial charge in [0.1, 0.15) is 5.52 Å². The summed E-state index contributed by atoms with van der Waals surface area (Å²) >= 11 is 0. The van der Waals surface area contributed by atoms with Crippen LogP contribution in [-0.4, -0.2) is 16.1 Å². The van der Waals surface area contributed by atoms with E-state index in [1.165, 1.54) is 0 Å². The molecule has 3 aromatic rings. The van der Waals surface area contributed by atoms with E-state index in [2.05, 4.69) is 4.98 Å². The maximum Gasteiger partial charge on any atom is 0.314 e. The molecule has 4 nitrogen and oxygen atoms in total. The van der Waals surface area contributed by atoms with Crippen molar-refractivity contribution in [3.8, 4) is 11.5 Å². The zero-order valence-electron chi connectivity index (χ0n) is 12.7. The highest BCUT2D eigenvalue weighted by Gasteiger charge is 2.44. The number of nitrogens with zero attached hydrogens (tertiary/aromatic N) is 1. The van der Waals surface area contributed by atoms with Gasteiger partial charge >= 0.3 is 5.97 Å². The first-order valence-electron chi connectivity index (χ1n) is 7.90. The van der Waals surface area contributed by atoms with Gasteiger partial charge in [0.25, 0.3) is 0 Å². The first-order valence-corrected chi connectivity index (χ1v) is 7.90.